The molecule has 90 valence electrons. The number of aromatic amines is 1. The van der Waals surface area contributed by atoms with Gasteiger partial charge in [0, 0.05) is 12.0 Å². The first kappa shape index (κ1) is 10.5. The highest BCUT2D eigenvalue weighted by Gasteiger charge is 2.31. The number of H-pyrrole nitrogens is 1. The van der Waals surface area contributed by atoms with E-state index >= 15 is 0 Å². The van der Waals surface area contributed by atoms with Gasteiger partial charge in [-0.05, 0) is 31.5 Å². The molecule has 1 aliphatic rings. The molecular formula is C12H17N5. The zero-order valence-electron chi connectivity index (χ0n) is 9.95. The molecule has 5 nitrogen and oxygen atoms in total. The van der Waals surface area contributed by atoms with Crippen LogP contribution in [0.2, 0.25) is 0 Å². The molecule has 0 aliphatic carbocycles. The number of nitrogens with one attached hydrogen (secondary N) is 2. The molecule has 2 aromatic rings. The van der Waals surface area contributed by atoms with Crippen molar-refractivity contribution in [2.75, 3.05) is 18.8 Å². The van der Waals surface area contributed by atoms with Crippen molar-refractivity contribution in [2.45, 2.75) is 25.2 Å². The van der Waals surface area contributed by atoms with Crippen LogP contribution in [0.5, 0.6) is 0 Å². The molecule has 0 aromatic carbocycles. The van der Waals surface area contributed by atoms with Crippen molar-refractivity contribution in [3.05, 3.63) is 18.0 Å². The van der Waals surface area contributed by atoms with Gasteiger partial charge in [0.1, 0.15) is 11.6 Å². The molecule has 0 saturated carbocycles. The quantitative estimate of drug-likeness (QED) is 0.688. The third-order valence-corrected chi connectivity index (χ3v) is 3.54. The summed E-state index contributed by atoms with van der Waals surface area (Å²) in [5.41, 5.74) is 7.42. The highest BCUT2D eigenvalue weighted by Crippen LogP contribution is 2.29. The lowest BCUT2D eigenvalue weighted by Gasteiger charge is -2.32. The van der Waals surface area contributed by atoms with Gasteiger partial charge in [-0.25, -0.2) is 9.97 Å². The van der Waals surface area contributed by atoms with Crippen LogP contribution in [0, 0.1) is 0 Å². The van der Waals surface area contributed by atoms with E-state index in [1.54, 1.807) is 6.07 Å². The fourth-order valence-corrected chi connectivity index (χ4v) is 2.45. The van der Waals surface area contributed by atoms with E-state index in [1.807, 2.05) is 6.07 Å². The number of nitrogens with zero attached hydrogens (tertiary/aromatic N) is 2. The van der Waals surface area contributed by atoms with Crippen LogP contribution in [0.3, 0.4) is 0 Å². The first-order chi connectivity index (χ1) is 8.17. The Morgan fingerprint density at radius 2 is 2.24 bits per heavy atom. The Balaban J connectivity index is 2.05. The van der Waals surface area contributed by atoms with Crippen LogP contribution in [0.25, 0.3) is 11.2 Å². The monoisotopic (exact) mass is 231 g/mol. The molecule has 0 bridgehead atoms. The van der Waals surface area contributed by atoms with Crippen LogP contribution in [0.15, 0.2) is 12.1 Å². The molecule has 1 atom stereocenters. The second-order valence-corrected chi connectivity index (χ2v) is 5.03. The first-order valence-corrected chi connectivity index (χ1v) is 6.01. The summed E-state index contributed by atoms with van der Waals surface area (Å²) in [6.45, 7) is 4.30. The number of imidazole rings is 1. The summed E-state index contributed by atoms with van der Waals surface area (Å²) >= 11 is 0. The van der Waals surface area contributed by atoms with Crippen LogP contribution in [0.1, 0.15) is 25.6 Å². The number of nitrogens with two attached hydrogens (primary N) is 1. The fraction of sp³-hybridized carbons (Fsp3) is 0.500. The zero-order chi connectivity index (χ0) is 11.9. The summed E-state index contributed by atoms with van der Waals surface area (Å²) in [5.74, 6) is 1.53. The molecule has 2 aromatic heterocycles. The molecule has 17 heavy (non-hydrogen) atoms. The van der Waals surface area contributed by atoms with Crippen molar-refractivity contribution in [1.29, 1.82) is 0 Å². The standard InChI is InChI=1S/C12H17N5/c1-12(5-2-6-14-7-12)11-15-8-3-4-9(13)16-10(8)17-11/h3-4,14H,2,5-7H2,1H3,(H3,13,15,16,17). The highest BCUT2D eigenvalue weighted by molar-refractivity contribution is 5.72. The van der Waals surface area contributed by atoms with Gasteiger partial charge in [-0.15, -0.1) is 0 Å². The van der Waals surface area contributed by atoms with Crippen molar-refractivity contribution >= 4 is 17.0 Å². The van der Waals surface area contributed by atoms with Crippen molar-refractivity contribution in [2.24, 2.45) is 0 Å². The van der Waals surface area contributed by atoms with Crippen LogP contribution < -0.4 is 11.1 Å². The van der Waals surface area contributed by atoms with Crippen LogP contribution >= 0.6 is 0 Å². The van der Waals surface area contributed by atoms with E-state index in [1.165, 1.54) is 6.42 Å². The van der Waals surface area contributed by atoms with Gasteiger partial charge >= 0.3 is 0 Å². The lowest BCUT2D eigenvalue weighted by atomic mass is 9.82. The second kappa shape index (κ2) is 3.70. The lowest BCUT2D eigenvalue weighted by molar-refractivity contribution is 0.326. The maximum atomic E-state index is 5.67. The summed E-state index contributed by atoms with van der Waals surface area (Å²) in [6.07, 6.45) is 2.33. The summed E-state index contributed by atoms with van der Waals surface area (Å²) in [4.78, 5) is 12.2. The zero-order valence-corrected chi connectivity index (χ0v) is 9.95. The van der Waals surface area contributed by atoms with E-state index in [2.05, 4.69) is 27.2 Å². The van der Waals surface area contributed by atoms with Gasteiger partial charge in [0.2, 0.25) is 0 Å². The second-order valence-electron chi connectivity index (χ2n) is 5.03. The minimum atomic E-state index is 0.0771. The number of hydrogen-bond donors (Lipinski definition) is 3. The van der Waals surface area contributed by atoms with E-state index < -0.39 is 0 Å². The van der Waals surface area contributed by atoms with Crippen molar-refractivity contribution in [3.63, 3.8) is 0 Å². The van der Waals surface area contributed by atoms with Gasteiger partial charge in [0.15, 0.2) is 5.65 Å². The van der Waals surface area contributed by atoms with Crippen LogP contribution in [-0.4, -0.2) is 28.0 Å². The normalized spacial score (nSPS) is 25.2. The Bertz CT molecular complexity index is 539. The van der Waals surface area contributed by atoms with Gasteiger partial charge in [0.25, 0.3) is 0 Å². The lowest BCUT2D eigenvalue weighted by Crippen LogP contribution is -2.41. The molecule has 1 unspecified atom stereocenters. The SMILES string of the molecule is CC1(c2nc3nc(N)ccc3[nH]2)CCCNC1. The maximum Gasteiger partial charge on any atom is 0.179 e. The van der Waals surface area contributed by atoms with Crippen molar-refractivity contribution in [1.82, 2.24) is 20.3 Å². The third-order valence-electron chi connectivity index (χ3n) is 3.54. The molecule has 3 heterocycles. The van der Waals surface area contributed by atoms with E-state index in [-0.39, 0.29) is 5.41 Å². The molecule has 1 saturated heterocycles. The minimum absolute atomic E-state index is 0.0771. The topological polar surface area (TPSA) is 79.6 Å². The first-order valence-electron chi connectivity index (χ1n) is 6.01. The molecular weight excluding hydrogens is 214 g/mol. The maximum absolute atomic E-state index is 5.67. The van der Waals surface area contributed by atoms with E-state index in [9.17, 15) is 0 Å². The largest absolute Gasteiger partial charge is 0.384 e. The predicted molar refractivity (Wildman–Crippen MR) is 67.8 cm³/mol. The minimum Gasteiger partial charge on any atom is -0.384 e. The van der Waals surface area contributed by atoms with Gasteiger partial charge in [0.05, 0.1) is 5.52 Å². The Morgan fingerprint density at radius 1 is 1.35 bits per heavy atom. The number of nitrogen functional groups attached to an aromatic ring is 1. The molecule has 0 spiro atoms. The fourth-order valence-electron chi connectivity index (χ4n) is 2.45. The average molecular weight is 231 g/mol. The number of piperidine rings is 1. The summed E-state index contributed by atoms with van der Waals surface area (Å²) in [6, 6.07) is 3.74. The average Bonchev–Trinajstić information content (AvgIpc) is 2.73. The third kappa shape index (κ3) is 1.76. The Labute approximate surface area is 99.8 Å². The van der Waals surface area contributed by atoms with E-state index in [0.29, 0.717) is 11.5 Å². The van der Waals surface area contributed by atoms with Crippen molar-refractivity contribution in [3.8, 4) is 0 Å². The number of anilines is 1. The van der Waals surface area contributed by atoms with Crippen LogP contribution in [0.4, 0.5) is 5.82 Å². The molecule has 4 N–H and O–H groups in total. The van der Waals surface area contributed by atoms with Crippen LogP contribution in [-0.2, 0) is 5.41 Å². The Morgan fingerprint density at radius 3 is 3.00 bits per heavy atom. The summed E-state index contributed by atoms with van der Waals surface area (Å²) < 4.78 is 0. The van der Waals surface area contributed by atoms with Crippen molar-refractivity contribution < 1.29 is 0 Å². The van der Waals surface area contributed by atoms with E-state index in [4.69, 9.17) is 5.73 Å². The predicted octanol–water partition coefficient (Wildman–Crippen LogP) is 1.18. The molecule has 5 heteroatoms. The Kier molecular flexibility index (Phi) is 2.29. The molecule has 0 amide bonds. The Hall–Kier alpha value is -1.62. The molecule has 1 fully saturated rings. The van der Waals surface area contributed by atoms with Gasteiger partial charge < -0.3 is 16.0 Å². The number of hydrogen-bond acceptors (Lipinski definition) is 4. The van der Waals surface area contributed by atoms with E-state index in [0.717, 1.165) is 30.9 Å². The number of aromatic nitrogens is 3. The van der Waals surface area contributed by atoms with Gasteiger partial charge in [-0.2, -0.15) is 0 Å². The van der Waals surface area contributed by atoms with Gasteiger partial charge in [-0.1, -0.05) is 6.92 Å². The molecule has 0 radical (unpaired) electrons. The number of fused-ring (bicyclic) bond motifs is 1. The smallest absolute Gasteiger partial charge is 0.179 e. The van der Waals surface area contributed by atoms with Gasteiger partial charge in [-0.3, -0.25) is 0 Å². The summed E-state index contributed by atoms with van der Waals surface area (Å²) in [5, 5.41) is 3.42. The summed E-state index contributed by atoms with van der Waals surface area (Å²) in [7, 11) is 0. The number of pyridine rings is 1. The highest BCUT2D eigenvalue weighted by atomic mass is 15.0. The molecule has 3 rings (SSSR count). The number of rotatable bonds is 1. The molecule has 1 aliphatic heterocycles.